The zero-order valence-corrected chi connectivity index (χ0v) is 13.9. The summed E-state index contributed by atoms with van der Waals surface area (Å²) in [6.45, 7) is 0.566. The maximum atomic E-state index is 12.0. The van der Waals surface area contributed by atoms with Crippen molar-refractivity contribution in [1.82, 2.24) is 14.7 Å². The number of ether oxygens (including phenoxy) is 2. The summed E-state index contributed by atoms with van der Waals surface area (Å²) in [7, 11) is 0. The van der Waals surface area contributed by atoms with Crippen LogP contribution in [0.5, 0.6) is 11.5 Å². The third-order valence-corrected chi connectivity index (χ3v) is 3.96. The first-order valence-electron chi connectivity index (χ1n) is 7.66. The number of carbonyl (C=O) groups is 1. The highest BCUT2D eigenvalue weighted by Crippen LogP contribution is 2.32. The van der Waals surface area contributed by atoms with Crippen LogP contribution in [0.1, 0.15) is 11.3 Å². The Morgan fingerprint density at radius 3 is 3.04 bits per heavy atom. The van der Waals surface area contributed by atoms with E-state index in [1.165, 1.54) is 6.08 Å². The molecule has 0 saturated carbocycles. The molecule has 0 spiro atoms. The molecule has 3 heterocycles. The molecule has 0 unspecified atom stereocenters. The second-order valence-corrected chi connectivity index (χ2v) is 5.95. The van der Waals surface area contributed by atoms with E-state index in [1.807, 2.05) is 34.9 Å². The van der Waals surface area contributed by atoms with Gasteiger partial charge in [0.05, 0.1) is 17.3 Å². The highest BCUT2D eigenvalue weighted by atomic mass is 35.5. The van der Waals surface area contributed by atoms with Gasteiger partial charge in [0.15, 0.2) is 11.5 Å². The van der Waals surface area contributed by atoms with Crippen LogP contribution in [0.2, 0.25) is 5.02 Å². The van der Waals surface area contributed by atoms with Crippen LogP contribution in [0.25, 0.3) is 11.7 Å². The van der Waals surface area contributed by atoms with E-state index in [1.54, 1.807) is 18.3 Å². The van der Waals surface area contributed by atoms with Gasteiger partial charge < -0.3 is 19.2 Å². The Hall–Kier alpha value is -2.99. The lowest BCUT2D eigenvalue weighted by Gasteiger charge is -1.99. The molecule has 1 aliphatic rings. The number of amides is 1. The molecule has 1 aliphatic heterocycles. The fraction of sp³-hybridized carbons (Fsp3) is 0.111. The van der Waals surface area contributed by atoms with Gasteiger partial charge in [0.1, 0.15) is 5.65 Å². The molecule has 1 amide bonds. The van der Waals surface area contributed by atoms with Crippen molar-refractivity contribution in [2.75, 3.05) is 6.79 Å². The smallest absolute Gasteiger partial charge is 0.244 e. The van der Waals surface area contributed by atoms with Crippen LogP contribution in [0.3, 0.4) is 0 Å². The molecule has 0 saturated heterocycles. The van der Waals surface area contributed by atoms with E-state index in [0.29, 0.717) is 23.1 Å². The topological polar surface area (TPSA) is 64.9 Å². The molecule has 0 radical (unpaired) electrons. The maximum absolute atomic E-state index is 12.0. The summed E-state index contributed by atoms with van der Waals surface area (Å²) in [6.07, 6.45) is 6.81. The molecule has 0 aliphatic carbocycles. The van der Waals surface area contributed by atoms with E-state index in [-0.39, 0.29) is 12.7 Å². The largest absolute Gasteiger partial charge is 0.454 e. The van der Waals surface area contributed by atoms with Crippen LogP contribution in [0.15, 0.2) is 48.8 Å². The molecule has 7 heteroatoms. The van der Waals surface area contributed by atoms with Gasteiger partial charge in [0.25, 0.3) is 0 Å². The van der Waals surface area contributed by atoms with Gasteiger partial charge in [-0.25, -0.2) is 4.98 Å². The number of aromatic nitrogens is 2. The van der Waals surface area contributed by atoms with E-state index in [9.17, 15) is 4.79 Å². The number of nitrogens with one attached hydrogen (secondary N) is 1. The molecule has 0 atom stereocenters. The normalized spacial score (nSPS) is 12.8. The highest BCUT2D eigenvalue weighted by Gasteiger charge is 2.12. The predicted molar refractivity (Wildman–Crippen MR) is 93.6 cm³/mol. The zero-order valence-electron chi connectivity index (χ0n) is 13.1. The number of nitrogens with zero attached hydrogens (tertiary/aromatic N) is 2. The minimum absolute atomic E-state index is 0.201. The maximum Gasteiger partial charge on any atom is 0.244 e. The van der Waals surface area contributed by atoms with Gasteiger partial charge in [-0.15, -0.1) is 0 Å². The van der Waals surface area contributed by atoms with E-state index < -0.39 is 0 Å². The highest BCUT2D eigenvalue weighted by molar-refractivity contribution is 6.30. The molecule has 6 nitrogen and oxygen atoms in total. The van der Waals surface area contributed by atoms with E-state index in [4.69, 9.17) is 21.1 Å². The molecule has 126 valence electrons. The first-order chi connectivity index (χ1) is 12.2. The SMILES string of the molecule is O=C(C=Cc1ccc2c(c1)OCO2)NCc1cn2cc(Cl)ccc2n1. The van der Waals surface area contributed by atoms with Gasteiger partial charge >= 0.3 is 0 Å². The van der Waals surface area contributed by atoms with Crippen LogP contribution in [-0.2, 0) is 11.3 Å². The average molecular weight is 356 g/mol. The summed E-state index contributed by atoms with van der Waals surface area (Å²) in [5, 5.41) is 3.44. The number of imidazole rings is 1. The Balaban J connectivity index is 1.38. The van der Waals surface area contributed by atoms with E-state index >= 15 is 0 Å². The quantitative estimate of drug-likeness (QED) is 0.730. The molecule has 2 aromatic heterocycles. The number of hydrogen-bond acceptors (Lipinski definition) is 4. The van der Waals surface area contributed by atoms with Gasteiger partial charge in [0, 0.05) is 18.5 Å². The Kier molecular flexibility index (Phi) is 4.03. The minimum atomic E-state index is -0.201. The Labute approximate surface area is 148 Å². The van der Waals surface area contributed by atoms with Crippen molar-refractivity contribution >= 4 is 29.2 Å². The number of rotatable bonds is 4. The molecule has 1 aromatic carbocycles. The number of pyridine rings is 1. The lowest BCUT2D eigenvalue weighted by atomic mass is 10.2. The minimum Gasteiger partial charge on any atom is -0.454 e. The van der Waals surface area contributed by atoms with Crippen LogP contribution >= 0.6 is 11.6 Å². The fourth-order valence-electron chi connectivity index (χ4n) is 2.53. The molecular formula is C18H14ClN3O3. The number of carbonyl (C=O) groups excluding carboxylic acids is 1. The average Bonchev–Trinajstić information content (AvgIpc) is 3.23. The summed E-state index contributed by atoms with van der Waals surface area (Å²) in [4.78, 5) is 16.4. The van der Waals surface area contributed by atoms with Crippen LogP contribution < -0.4 is 14.8 Å². The summed E-state index contributed by atoms with van der Waals surface area (Å²) in [5.41, 5.74) is 2.40. The lowest BCUT2D eigenvalue weighted by molar-refractivity contribution is -0.116. The number of benzene rings is 1. The number of hydrogen-bond donors (Lipinski definition) is 1. The van der Waals surface area contributed by atoms with Crippen molar-refractivity contribution in [2.24, 2.45) is 0 Å². The number of fused-ring (bicyclic) bond motifs is 2. The Bertz CT molecular complexity index is 981. The van der Waals surface area contributed by atoms with Gasteiger partial charge in [0.2, 0.25) is 12.7 Å². The molecule has 25 heavy (non-hydrogen) atoms. The molecule has 3 aromatic rings. The second-order valence-electron chi connectivity index (χ2n) is 5.51. The van der Waals surface area contributed by atoms with Gasteiger partial charge in [-0.2, -0.15) is 0 Å². The first kappa shape index (κ1) is 15.5. The van der Waals surface area contributed by atoms with Crippen molar-refractivity contribution in [3.05, 3.63) is 65.1 Å². The van der Waals surface area contributed by atoms with Crippen molar-refractivity contribution in [2.45, 2.75) is 6.54 Å². The third kappa shape index (κ3) is 3.44. The Morgan fingerprint density at radius 1 is 1.24 bits per heavy atom. The van der Waals surface area contributed by atoms with Crippen LogP contribution in [0.4, 0.5) is 0 Å². The zero-order chi connectivity index (χ0) is 17.2. The standard InChI is InChI=1S/C18H14ClN3O3/c19-13-3-5-17-21-14(10-22(17)9-13)8-20-18(23)6-2-12-1-4-15-16(7-12)25-11-24-15/h1-7,9-10H,8,11H2,(H,20,23). The van der Waals surface area contributed by atoms with E-state index in [0.717, 1.165) is 16.9 Å². The third-order valence-electron chi connectivity index (χ3n) is 3.73. The van der Waals surface area contributed by atoms with Gasteiger partial charge in [-0.1, -0.05) is 17.7 Å². The van der Waals surface area contributed by atoms with Crippen LogP contribution in [-0.4, -0.2) is 22.1 Å². The Morgan fingerprint density at radius 2 is 2.12 bits per heavy atom. The van der Waals surface area contributed by atoms with Crippen molar-refractivity contribution < 1.29 is 14.3 Å². The van der Waals surface area contributed by atoms with E-state index in [2.05, 4.69) is 10.3 Å². The number of halogens is 1. The van der Waals surface area contributed by atoms with Crippen molar-refractivity contribution in [3.8, 4) is 11.5 Å². The molecule has 1 N–H and O–H groups in total. The molecule has 4 rings (SSSR count). The second kappa shape index (κ2) is 6.49. The summed E-state index contributed by atoms with van der Waals surface area (Å²) in [5.74, 6) is 1.20. The lowest BCUT2D eigenvalue weighted by Crippen LogP contribution is -2.20. The van der Waals surface area contributed by atoms with Crippen LogP contribution in [0, 0.1) is 0 Å². The van der Waals surface area contributed by atoms with Gasteiger partial charge in [-0.3, -0.25) is 4.79 Å². The molecule has 0 bridgehead atoms. The van der Waals surface area contributed by atoms with Crippen molar-refractivity contribution in [1.29, 1.82) is 0 Å². The summed E-state index contributed by atoms with van der Waals surface area (Å²) in [6, 6.07) is 9.12. The summed E-state index contributed by atoms with van der Waals surface area (Å²) >= 11 is 5.95. The monoisotopic (exact) mass is 355 g/mol. The molecule has 0 fully saturated rings. The first-order valence-corrected chi connectivity index (χ1v) is 8.04. The van der Waals surface area contributed by atoms with Crippen molar-refractivity contribution in [3.63, 3.8) is 0 Å². The molecular weight excluding hydrogens is 342 g/mol. The fourth-order valence-corrected chi connectivity index (χ4v) is 2.70. The predicted octanol–water partition coefficient (Wildman–Crippen LogP) is 3.05. The summed E-state index contributed by atoms with van der Waals surface area (Å²) < 4.78 is 12.4. The van der Waals surface area contributed by atoms with Gasteiger partial charge in [-0.05, 0) is 35.9 Å².